The first-order valence-electron chi connectivity index (χ1n) is 12.8. The number of hydrogen-bond donors (Lipinski definition) is 0. The maximum atomic E-state index is 13.9. The zero-order chi connectivity index (χ0) is 29.3. The van der Waals surface area contributed by atoms with Crippen molar-refractivity contribution < 1.29 is 14.4 Å². The number of Topliss-reactive ketones (excluding diaryl/α,β-unsaturated/α-hetero) is 2. The first-order chi connectivity index (χ1) is 19.5. The summed E-state index contributed by atoms with van der Waals surface area (Å²) in [7, 11) is 0. The van der Waals surface area contributed by atoms with E-state index in [0.29, 0.717) is 32.4 Å². The summed E-state index contributed by atoms with van der Waals surface area (Å²) in [6, 6.07) is 12.9. The van der Waals surface area contributed by atoms with Crippen molar-refractivity contribution in [1.82, 2.24) is 30.1 Å². The number of rotatable bonds is 7. The lowest BCUT2D eigenvalue weighted by Gasteiger charge is -2.43. The minimum absolute atomic E-state index is 0.0560. The number of aromatic nitrogens is 5. The summed E-state index contributed by atoms with van der Waals surface area (Å²) in [4.78, 5) is 45.6. The molecule has 208 valence electrons. The molecule has 5 rings (SSSR count). The van der Waals surface area contributed by atoms with Crippen LogP contribution in [0.15, 0.2) is 67.1 Å². The van der Waals surface area contributed by atoms with Crippen LogP contribution in [0.2, 0.25) is 10.0 Å². The predicted octanol–water partition coefficient (Wildman–Crippen LogP) is 5.25. The topological polar surface area (TPSA) is 111 Å². The lowest BCUT2D eigenvalue weighted by atomic mass is 9.77. The summed E-state index contributed by atoms with van der Waals surface area (Å²) in [5, 5.41) is 12.2. The van der Waals surface area contributed by atoms with Crippen LogP contribution in [0.25, 0.3) is 11.8 Å². The molecule has 2 aromatic heterocycles. The van der Waals surface area contributed by atoms with Crippen molar-refractivity contribution in [2.45, 2.75) is 38.6 Å². The SMILES string of the molecule is CC(=O)c1ccc(CC(=O)C2c3cc(Cl)cnc3C(C)(C)CN2C(=O)/C=C/c2cc(Cl)ccc2-n2cnnn2)cc1. The van der Waals surface area contributed by atoms with Gasteiger partial charge in [0.05, 0.1) is 16.4 Å². The third-order valence-corrected chi connectivity index (χ3v) is 7.46. The molecule has 11 heteroatoms. The molecule has 1 unspecified atom stereocenters. The molecule has 0 saturated heterocycles. The molecule has 3 heterocycles. The van der Waals surface area contributed by atoms with Crippen molar-refractivity contribution in [2.75, 3.05) is 6.54 Å². The van der Waals surface area contributed by atoms with E-state index in [1.807, 2.05) is 13.8 Å². The van der Waals surface area contributed by atoms with Crippen LogP contribution in [0.1, 0.15) is 59.6 Å². The molecule has 0 spiro atoms. The number of halogens is 2. The Labute approximate surface area is 246 Å². The van der Waals surface area contributed by atoms with Gasteiger partial charge in [-0.15, -0.1) is 5.10 Å². The number of benzene rings is 2. The lowest BCUT2D eigenvalue weighted by Crippen LogP contribution is -2.50. The highest BCUT2D eigenvalue weighted by molar-refractivity contribution is 6.31. The van der Waals surface area contributed by atoms with Crippen LogP contribution in [-0.4, -0.2) is 54.1 Å². The van der Waals surface area contributed by atoms with Crippen molar-refractivity contribution >= 4 is 46.8 Å². The van der Waals surface area contributed by atoms with E-state index in [1.54, 1.807) is 65.7 Å². The van der Waals surface area contributed by atoms with Gasteiger partial charge in [0, 0.05) is 52.4 Å². The molecule has 1 aliphatic rings. The van der Waals surface area contributed by atoms with E-state index in [4.69, 9.17) is 23.2 Å². The van der Waals surface area contributed by atoms with Gasteiger partial charge in [-0.1, -0.05) is 61.3 Å². The van der Waals surface area contributed by atoms with Crippen molar-refractivity contribution in [3.8, 4) is 5.69 Å². The van der Waals surface area contributed by atoms with E-state index < -0.39 is 11.5 Å². The van der Waals surface area contributed by atoms with Gasteiger partial charge in [0.25, 0.3) is 0 Å². The minimum Gasteiger partial charge on any atom is -0.324 e. The van der Waals surface area contributed by atoms with E-state index in [0.717, 1.165) is 11.3 Å². The van der Waals surface area contributed by atoms with Crippen LogP contribution in [-0.2, 0) is 21.4 Å². The first-order valence-corrected chi connectivity index (χ1v) is 13.6. The molecule has 0 N–H and O–H groups in total. The fourth-order valence-electron chi connectivity index (χ4n) is 5.09. The van der Waals surface area contributed by atoms with E-state index in [-0.39, 0.29) is 30.4 Å². The van der Waals surface area contributed by atoms with Crippen LogP contribution in [0.5, 0.6) is 0 Å². The van der Waals surface area contributed by atoms with Crippen LogP contribution < -0.4 is 0 Å². The summed E-state index contributed by atoms with van der Waals surface area (Å²) in [6.45, 7) is 5.70. The molecule has 2 aromatic carbocycles. The van der Waals surface area contributed by atoms with E-state index in [1.165, 1.54) is 24.0 Å². The number of hydrogen-bond acceptors (Lipinski definition) is 7. The lowest BCUT2D eigenvalue weighted by molar-refractivity contribution is -0.137. The normalized spacial score (nSPS) is 16.0. The number of tetrazole rings is 1. The van der Waals surface area contributed by atoms with Gasteiger partial charge in [-0.05, 0) is 53.3 Å². The zero-order valence-corrected chi connectivity index (χ0v) is 24.1. The maximum Gasteiger partial charge on any atom is 0.247 e. The molecule has 1 atom stereocenters. The molecule has 1 amide bonds. The van der Waals surface area contributed by atoms with Gasteiger partial charge in [0.2, 0.25) is 5.91 Å². The van der Waals surface area contributed by atoms with E-state index >= 15 is 0 Å². The Balaban J connectivity index is 1.51. The molecule has 41 heavy (non-hydrogen) atoms. The summed E-state index contributed by atoms with van der Waals surface area (Å²) < 4.78 is 1.47. The first kappa shape index (κ1) is 28.3. The van der Waals surface area contributed by atoms with Gasteiger partial charge in [0.15, 0.2) is 11.6 Å². The monoisotopic (exact) mass is 588 g/mol. The van der Waals surface area contributed by atoms with Crippen molar-refractivity contribution in [3.05, 3.63) is 105 Å². The molecule has 0 aliphatic carbocycles. The molecule has 9 nitrogen and oxygen atoms in total. The number of carbonyl (C=O) groups excluding carboxylic acids is 3. The predicted molar refractivity (Wildman–Crippen MR) is 155 cm³/mol. The van der Waals surface area contributed by atoms with Crippen molar-refractivity contribution in [1.29, 1.82) is 0 Å². The third-order valence-electron chi connectivity index (χ3n) is 7.01. The quantitative estimate of drug-likeness (QED) is 0.214. The maximum absolute atomic E-state index is 13.9. The molecule has 4 aromatic rings. The number of pyridine rings is 1. The zero-order valence-electron chi connectivity index (χ0n) is 22.6. The molecule has 0 fully saturated rings. The second kappa shape index (κ2) is 11.3. The molecular weight excluding hydrogens is 563 g/mol. The standard InChI is InChI=1S/C30H26Cl2N6O3/c1-18(39)20-6-4-19(5-7-20)12-26(40)28-24-14-23(32)15-33-29(24)30(2,3)16-37(28)27(41)11-8-21-13-22(31)9-10-25(21)38-17-34-35-36-38/h4-11,13-15,17,28H,12,16H2,1-3H3/b11-8+. The highest BCUT2D eigenvalue weighted by Gasteiger charge is 2.43. The summed E-state index contributed by atoms with van der Waals surface area (Å²) >= 11 is 12.6. The Kier molecular flexibility index (Phi) is 7.84. The largest absolute Gasteiger partial charge is 0.324 e. The Bertz CT molecular complexity index is 1670. The third kappa shape index (κ3) is 5.96. The van der Waals surface area contributed by atoms with E-state index in [2.05, 4.69) is 20.5 Å². The van der Waals surface area contributed by atoms with Gasteiger partial charge in [-0.25, -0.2) is 0 Å². The highest BCUT2D eigenvalue weighted by atomic mass is 35.5. The van der Waals surface area contributed by atoms with Crippen LogP contribution in [0.4, 0.5) is 0 Å². The summed E-state index contributed by atoms with van der Waals surface area (Å²) in [5.41, 5.74) is 3.31. The summed E-state index contributed by atoms with van der Waals surface area (Å²) in [6.07, 6.45) is 6.11. The van der Waals surface area contributed by atoms with Crippen LogP contribution in [0, 0.1) is 0 Å². The van der Waals surface area contributed by atoms with Crippen LogP contribution >= 0.6 is 23.2 Å². The average Bonchev–Trinajstić information content (AvgIpc) is 3.46. The van der Waals surface area contributed by atoms with Crippen molar-refractivity contribution in [3.63, 3.8) is 0 Å². The van der Waals surface area contributed by atoms with Gasteiger partial charge < -0.3 is 4.90 Å². The summed E-state index contributed by atoms with van der Waals surface area (Å²) in [5.74, 6) is -0.615. The number of ketones is 2. The number of fused-ring (bicyclic) bond motifs is 1. The average molecular weight is 589 g/mol. The van der Waals surface area contributed by atoms with Gasteiger partial charge >= 0.3 is 0 Å². The van der Waals surface area contributed by atoms with E-state index in [9.17, 15) is 14.4 Å². The Morgan fingerprint density at radius 2 is 1.80 bits per heavy atom. The molecule has 1 aliphatic heterocycles. The fraction of sp³-hybridized carbons (Fsp3) is 0.233. The second-order valence-electron chi connectivity index (χ2n) is 10.5. The fourth-order valence-corrected chi connectivity index (χ4v) is 5.44. The smallest absolute Gasteiger partial charge is 0.247 e. The van der Waals surface area contributed by atoms with Gasteiger partial charge in [-0.3, -0.25) is 19.4 Å². The Morgan fingerprint density at radius 1 is 1.05 bits per heavy atom. The number of amides is 1. The molecule has 0 radical (unpaired) electrons. The van der Waals surface area contributed by atoms with Gasteiger partial charge in [-0.2, -0.15) is 4.68 Å². The molecular formula is C30H26Cl2N6O3. The highest BCUT2D eigenvalue weighted by Crippen LogP contribution is 2.40. The minimum atomic E-state index is -0.910. The number of carbonyl (C=O) groups is 3. The molecule has 0 bridgehead atoms. The molecule has 0 saturated carbocycles. The van der Waals surface area contributed by atoms with Crippen LogP contribution in [0.3, 0.4) is 0 Å². The van der Waals surface area contributed by atoms with Gasteiger partial charge in [0.1, 0.15) is 12.4 Å². The Hall–Kier alpha value is -4.21. The Morgan fingerprint density at radius 3 is 2.49 bits per heavy atom. The number of nitrogens with zero attached hydrogens (tertiary/aromatic N) is 6. The van der Waals surface area contributed by atoms with Crippen molar-refractivity contribution in [2.24, 2.45) is 0 Å². The second-order valence-corrected chi connectivity index (χ2v) is 11.4.